The van der Waals surface area contributed by atoms with E-state index in [4.69, 9.17) is 9.47 Å². The molecule has 0 saturated heterocycles. The SMILES string of the molecule is CC(=O)c1cccc2c1-c1cc3c(cc1C1C4C=CC(C4)C21)OCO3. The standard InChI is InChI=1S/C22H18O3/c1-11(23)14-3-2-4-15-20-12-5-6-13(7-12)21(20)16-8-18-19(25-10-24-18)9-17(16)22(14)15/h2-6,8-9,12-13,20-21H,7,10H2,1H3. The Morgan fingerprint density at radius 3 is 2.48 bits per heavy atom. The number of rotatable bonds is 1. The Morgan fingerprint density at radius 2 is 1.72 bits per heavy atom. The van der Waals surface area contributed by atoms with Crippen molar-refractivity contribution in [2.75, 3.05) is 6.79 Å². The lowest BCUT2D eigenvalue weighted by Gasteiger charge is -2.37. The van der Waals surface area contributed by atoms with Crippen LogP contribution in [-0.2, 0) is 0 Å². The van der Waals surface area contributed by atoms with E-state index in [2.05, 4.69) is 30.4 Å². The maximum atomic E-state index is 12.3. The molecule has 1 heterocycles. The van der Waals surface area contributed by atoms with Crippen molar-refractivity contribution in [2.24, 2.45) is 11.8 Å². The van der Waals surface area contributed by atoms with Crippen LogP contribution in [0, 0.1) is 11.8 Å². The molecule has 3 heteroatoms. The Hall–Kier alpha value is -2.55. The number of Topliss-reactive ketones (excluding diaryl/α,β-unsaturated/α-hetero) is 1. The lowest BCUT2D eigenvalue weighted by Crippen LogP contribution is -2.22. The maximum Gasteiger partial charge on any atom is 0.231 e. The number of ketones is 1. The van der Waals surface area contributed by atoms with Crippen molar-refractivity contribution >= 4 is 5.78 Å². The third-order valence-electron chi connectivity index (χ3n) is 6.47. The first-order valence-electron chi connectivity index (χ1n) is 8.98. The van der Waals surface area contributed by atoms with Gasteiger partial charge in [-0.2, -0.15) is 0 Å². The van der Waals surface area contributed by atoms with E-state index in [0.717, 1.165) is 28.2 Å². The molecule has 3 nitrogen and oxygen atoms in total. The Labute approximate surface area is 146 Å². The van der Waals surface area contributed by atoms with E-state index in [9.17, 15) is 4.79 Å². The molecule has 1 aliphatic heterocycles. The minimum Gasteiger partial charge on any atom is -0.454 e. The molecular formula is C22H18O3. The molecule has 0 spiro atoms. The Morgan fingerprint density at radius 1 is 1.00 bits per heavy atom. The topological polar surface area (TPSA) is 35.5 Å². The predicted octanol–water partition coefficient (Wildman–Crippen LogP) is 4.67. The number of benzene rings is 2. The van der Waals surface area contributed by atoms with E-state index in [-0.39, 0.29) is 12.6 Å². The van der Waals surface area contributed by atoms with E-state index >= 15 is 0 Å². The van der Waals surface area contributed by atoms with Gasteiger partial charge in [-0.05, 0) is 71.4 Å². The van der Waals surface area contributed by atoms with E-state index in [1.54, 1.807) is 6.92 Å². The van der Waals surface area contributed by atoms with Crippen molar-refractivity contribution in [3.05, 3.63) is 59.2 Å². The van der Waals surface area contributed by atoms with Gasteiger partial charge >= 0.3 is 0 Å². The predicted molar refractivity (Wildman–Crippen MR) is 94.2 cm³/mol. The van der Waals surface area contributed by atoms with Gasteiger partial charge in [0.15, 0.2) is 17.3 Å². The van der Waals surface area contributed by atoms with E-state index in [1.165, 1.54) is 17.5 Å². The second-order valence-electron chi connectivity index (χ2n) is 7.62. The molecule has 4 aliphatic rings. The molecular weight excluding hydrogens is 312 g/mol. The average Bonchev–Trinajstić information content (AvgIpc) is 3.34. The quantitative estimate of drug-likeness (QED) is 0.563. The van der Waals surface area contributed by atoms with Crippen LogP contribution in [0.15, 0.2) is 42.5 Å². The van der Waals surface area contributed by atoms with Crippen LogP contribution >= 0.6 is 0 Å². The number of hydrogen-bond acceptors (Lipinski definition) is 3. The van der Waals surface area contributed by atoms with Gasteiger partial charge in [0, 0.05) is 5.56 Å². The summed E-state index contributed by atoms with van der Waals surface area (Å²) in [6.45, 7) is 1.94. The Balaban J connectivity index is 1.71. The van der Waals surface area contributed by atoms with Gasteiger partial charge in [0.1, 0.15) is 0 Å². The van der Waals surface area contributed by atoms with Crippen molar-refractivity contribution in [3.8, 4) is 22.6 Å². The molecule has 0 amide bonds. The smallest absolute Gasteiger partial charge is 0.231 e. The highest BCUT2D eigenvalue weighted by atomic mass is 16.7. The third kappa shape index (κ3) is 1.63. The summed E-state index contributed by atoms with van der Waals surface area (Å²) in [5.74, 6) is 3.87. The van der Waals surface area contributed by atoms with Crippen LogP contribution in [0.25, 0.3) is 11.1 Å². The maximum absolute atomic E-state index is 12.3. The van der Waals surface area contributed by atoms with Crippen molar-refractivity contribution in [1.29, 1.82) is 0 Å². The molecule has 2 bridgehead atoms. The van der Waals surface area contributed by atoms with Crippen LogP contribution in [0.1, 0.15) is 46.7 Å². The van der Waals surface area contributed by atoms with Gasteiger partial charge in [0.2, 0.25) is 6.79 Å². The highest BCUT2D eigenvalue weighted by Crippen LogP contribution is 2.64. The zero-order valence-corrected chi connectivity index (χ0v) is 14.0. The van der Waals surface area contributed by atoms with Crippen molar-refractivity contribution in [3.63, 3.8) is 0 Å². The number of fused-ring (bicyclic) bond motifs is 11. The summed E-state index contributed by atoms with van der Waals surface area (Å²) in [7, 11) is 0. The first kappa shape index (κ1) is 13.7. The zero-order valence-electron chi connectivity index (χ0n) is 14.0. The molecule has 6 rings (SSSR count). The molecule has 4 atom stereocenters. The van der Waals surface area contributed by atoms with Gasteiger partial charge in [-0.25, -0.2) is 0 Å². The lowest BCUT2D eigenvalue weighted by atomic mass is 9.66. The van der Waals surface area contributed by atoms with Crippen LogP contribution in [0.3, 0.4) is 0 Å². The molecule has 4 unspecified atom stereocenters. The van der Waals surface area contributed by atoms with Crippen LogP contribution in [0.2, 0.25) is 0 Å². The zero-order chi connectivity index (χ0) is 16.7. The summed E-state index contributed by atoms with van der Waals surface area (Å²) in [4.78, 5) is 12.3. The summed E-state index contributed by atoms with van der Waals surface area (Å²) in [5, 5.41) is 0. The fourth-order valence-electron chi connectivity index (χ4n) is 5.56. The summed E-state index contributed by atoms with van der Waals surface area (Å²) in [6.07, 6.45) is 5.99. The summed E-state index contributed by atoms with van der Waals surface area (Å²) >= 11 is 0. The van der Waals surface area contributed by atoms with E-state index in [0.29, 0.717) is 23.7 Å². The van der Waals surface area contributed by atoms with E-state index in [1.807, 2.05) is 12.1 Å². The van der Waals surface area contributed by atoms with Gasteiger partial charge in [-0.15, -0.1) is 0 Å². The lowest BCUT2D eigenvalue weighted by molar-refractivity contribution is 0.101. The Bertz CT molecular complexity index is 971. The minimum atomic E-state index is 0.123. The second-order valence-corrected chi connectivity index (χ2v) is 7.62. The monoisotopic (exact) mass is 330 g/mol. The molecule has 3 aliphatic carbocycles. The summed E-state index contributed by atoms with van der Waals surface area (Å²) in [5.41, 5.74) is 5.76. The molecule has 1 saturated carbocycles. The fourth-order valence-corrected chi connectivity index (χ4v) is 5.56. The van der Waals surface area contributed by atoms with Gasteiger partial charge < -0.3 is 9.47 Å². The van der Waals surface area contributed by atoms with Crippen LogP contribution in [0.5, 0.6) is 11.5 Å². The minimum absolute atomic E-state index is 0.123. The number of ether oxygens (including phenoxy) is 2. The highest BCUT2D eigenvalue weighted by Gasteiger charge is 2.50. The van der Waals surface area contributed by atoms with Gasteiger partial charge in [-0.3, -0.25) is 4.79 Å². The number of allylic oxidation sites excluding steroid dienone is 2. The molecule has 25 heavy (non-hydrogen) atoms. The number of carbonyl (C=O) groups is 1. The number of hydrogen-bond donors (Lipinski definition) is 0. The first-order valence-corrected chi connectivity index (χ1v) is 8.98. The molecule has 2 aromatic rings. The molecule has 1 fully saturated rings. The molecule has 124 valence electrons. The van der Waals surface area contributed by atoms with Crippen molar-refractivity contribution in [2.45, 2.75) is 25.2 Å². The fraction of sp³-hybridized carbons (Fsp3) is 0.318. The molecule has 2 aromatic carbocycles. The summed E-state index contributed by atoms with van der Waals surface area (Å²) in [6, 6.07) is 10.5. The van der Waals surface area contributed by atoms with Crippen LogP contribution < -0.4 is 9.47 Å². The third-order valence-corrected chi connectivity index (χ3v) is 6.47. The van der Waals surface area contributed by atoms with Crippen molar-refractivity contribution < 1.29 is 14.3 Å². The van der Waals surface area contributed by atoms with Crippen molar-refractivity contribution in [1.82, 2.24) is 0 Å². The summed E-state index contributed by atoms with van der Waals surface area (Å²) < 4.78 is 11.3. The normalized spacial score (nSPS) is 29.3. The van der Waals surface area contributed by atoms with E-state index < -0.39 is 0 Å². The van der Waals surface area contributed by atoms with Gasteiger partial charge in [0.05, 0.1) is 0 Å². The second kappa shape index (κ2) is 4.54. The van der Waals surface area contributed by atoms with Gasteiger partial charge in [-0.1, -0.05) is 30.4 Å². The largest absolute Gasteiger partial charge is 0.454 e. The molecule has 0 N–H and O–H groups in total. The highest BCUT2D eigenvalue weighted by molar-refractivity contribution is 6.03. The average molecular weight is 330 g/mol. The van der Waals surface area contributed by atoms with Crippen LogP contribution in [-0.4, -0.2) is 12.6 Å². The molecule has 0 aromatic heterocycles. The Kier molecular flexibility index (Phi) is 2.49. The van der Waals surface area contributed by atoms with Crippen LogP contribution in [0.4, 0.5) is 0 Å². The first-order chi connectivity index (χ1) is 12.2. The molecule has 0 radical (unpaired) electrons. The van der Waals surface area contributed by atoms with Gasteiger partial charge in [0.25, 0.3) is 0 Å². The number of carbonyl (C=O) groups excluding carboxylic acids is 1.